The minimum atomic E-state index is 0.104. The molecule has 0 bridgehead atoms. The fourth-order valence-electron chi connectivity index (χ4n) is 15.9. The number of nitrogens with zero attached hydrogens (tertiary/aromatic N) is 17. The highest BCUT2D eigenvalue weighted by Gasteiger charge is 2.38. The molecule has 7 aliphatic rings. The second-order valence-electron chi connectivity index (χ2n) is 29.8. The Morgan fingerprint density at radius 2 is 0.763 bits per heavy atom. The first kappa shape index (κ1) is 81.0. The van der Waals surface area contributed by atoms with Crippen molar-refractivity contribution in [2.45, 2.75) is 182 Å². The van der Waals surface area contributed by atoms with Gasteiger partial charge in [-0.3, -0.25) is 53.7 Å². The maximum atomic E-state index is 12.5. The van der Waals surface area contributed by atoms with Crippen LogP contribution in [0.15, 0.2) is 122 Å². The number of hydroxylamine groups is 2. The van der Waals surface area contributed by atoms with Gasteiger partial charge in [-0.1, -0.05) is 61.5 Å². The number of ether oxygens (including phenoxy) is 2. The third-order valence-electron chi connectivity index (χ3n) is 22.3. The van der Waals surface area contributed by atoms with E-state index in [2.05, 4.69) is 154 Å². The zero-order valence-corrected chi connectivity index (χ0v) is 67.2. The Kier molecular flexibility index (Phi) is 27.5. The highest BCUT2D eigenvalue weighted by Crippen LogP contribution is 2.37. The topological polar surface area (TPSA) is 313 Å². The number of benzene rings is 4. The van der Waals surface area contributed by atoms with Gasteiger partial charge >= 0.3 is 0 Å². The molecule has 0 radical (unpaired) electrons. The summed E-state index contributed by atoms with van der Waals surface area (Å²) in [4.78, 5) is 101. The van der Waals surface area contributed by atoms with Gasteiger partial charge in [0.15, 0.2) is 0 Å². The van der Waals surface area contributed by atoms with Gasteiger partial charge in [0, 0.05) is 150 Å². The summed E-state index contributed by atoms with van der Waals surface area (Å²) in [6, 6.07) is 30.4. The number of aromatic nitrogens is 10. The van der Waals surface area contributed by atoms with E-state index in [0.29, 0.717) is 75.8 Å². The fraction of sp³-hybridized carbons (Fsp3) is 0.471. The van der Waals surface area contributed by atoms with Crippen LogP contribution >= 0.6 is 0 Å². The molecule has 0 unspecified atom stereocenters. The molecule has 16 rings (SSSR count). The maximum absolute atomic E-state index is 12.5. The second-order valence-corrected chi connectivity index (χ2v) is 29.8. The molecule has 7 aliphatic heterocycles. The molecule has 0 atom stereocenters. The van der Waals surface area contributed by atoms with E-state index in [9.17, 15) is 24.4 Å². The van der Waals surface area contributed by atoms with Crippen LogP contribution in [-0.2, 0) is 44.9 Å². The van der Waals surface area contributed by atoms with Crippen molar-refractivity contribution in [3.05, 3.63) is 144 Å². The maximum Gasteiger partial charge on any atom is 0.233 e. The number of H-pyrrole nitrogens is 1. The van der Waals surface area contributed by atoms with Crippen LogP contribution in [-0.4, -0.2) is 197 Å². The first-order chi connectivity index (χ1) is 55.6. The molecule has 9 aromatic rings. The Hall–Kier alpha value is -11.0. The van der Waals surface area contributed by atoms with Crippen LogP contribution in [0.2, 0.25) is 0 Å². The molecule has 5 aromatic heterocycles. The van der Waals surface area contributed by atoms with E-state index < -0.39 is 0 Å². The van der Waals surface area contributed by atoms with Gasteiger partial charge in [0.2, 0.25) is 47.4 Å². The average molecular weight is 1550 g/mol. The van der Waals surface area contributed by atoms with Crippen LogP contribution in [0.25, 0.3) is 10.9 Å². The Labute approximate surface area is 668 Å². The number of nitrogens with one attached hydrogen (secondary N) is 5. The molecule has 0 aliphatic carbocycles. The Morgan fingerprint density at radius 1 is 0.404 bits per heavy atom. The molecule has 29 nitrogen and oxygen atoms in total. The van der Waals surface area contributed by atoms with Crippen molar-refractivity contribution in [1.82, 2.24) is 64.9 Å². The molecular weight excluding hydrogens is 1440 g/mol. The number of aromatic amines is 1. The smallest absolute Gasteiger partial charge is 0.233 e. The Balaban J connectivity index is 0.000000133. The largest absolute Gasteiger partial charge is 0.492 e. The van der Waals surface area contributed by atoms with Gasteiger partial charge in [-0.15, -0.1) is 0 Å². The van der Waals surface area contributed by atoms with Gasteiger partial charge < -0.3 is 40.8 Å². The van der Waals surface area contributed by atoms with Crippen LogP contribution < -0.4 is 55.2 Å². The van der Waals surface area contributed by atoms with Gasteiger partial charge in [0.05, 0.1) is 37.4 Å². The highest BCUT2D eigenvalue weighted by atomic mass is 16.5. The molecule has 12 heterocycles. The van der Waals surface area contributed by atoms with Crippen LogP contribution in [0.4, 0.5) is 75.5 Å². The molecule has 4 aromatic carbocycles. The quantitative estimate of drug-likeness (QED) is 0.0254. The van der Waals surface area contributed by atoms with Crippen molar-refractivity contribution in [1.29, 1.82) is 0 Å². The molecule has 602 valence electrons. The lowest BCUT2D eigenvalue weighted by atomic mass is 10.1. The lowest BCUT2D eigenvalue weighted by Gasteiger charge is -2.32. The zero-order valence-electron chi connectivity index (χ0n) is 67.2. The normalized spacial score (nSPS) is 16.0. The molecule has 114 heavy (non-hydrogen) atoms. The lowest BCUT2D eigenvalue weighted by Crippen LogP contribution is -2.44. The number of carbonyl (C=O) groups excluding carboxylic acids is 4. The van der Waals surface area contributed by atoms with Crippen molar-refractivity contribution in [2.75, 3.05) is 124 Å². The number of anilines is 13. The van der Waals surface area contributed by atoms with Crippen LogP contribution in [0.3, 0.4) is 0 Å². The molecule has 0 saturated carbocycles. The summed E-state index contributed by atoms with van der Waals surface area (Å²) in [6.45, 7) is 27.8. The number of hydrogen-bond acceptors (Lipinski definition) is 24. The number of hydrogen-bond donors (Lipinski definition) is 6. The zero-order chi connectivity index (χ0) is 79.6. The Morgan fingerprint density at radius 3 is 1.16 bits per heavy atom. The summed E-state index contributed by atoms with van der Waals surface area (Å²) < 4.78 is 11.8. The molecule has 3 saturated heterocycles. The predicted octanol–water partition coefficient (Wildman–Crippen LogP) is 13.5. The van der Waals surface area contributed by atoms with E-state index in [-0.39, 0.29) is 47.8 Å². The number of likely N-dealkylation sites (tertiary alicyclic amines) is 2. The molecule has 29 heteroatoms. The SMILES string of the molecule is CCC(CC)N1C(=O)Cc2cnc(Nc3ccc(N4CCN(O)CC4)cc3)nc21.CCC(CC)N1C(=O)Cc2cnc(Nc3ccc(OCCN4CCCC4)cc3)nc21.CCC(CC)N1C(=O)Cc2cnc(Nc3ccc4[nH]ncc4c3)nc21.CCC(CC)N1C(=O)Cc2cnc(Nc3cccc(OCCN4CCCC4)c3)nc21. The number of fused-ring (bicyclic) bond motifs is 5. The first-order valence-corrected chi connectivity index (χ1v) is 41.1. The first-order valence-electron chi connectivity index (χ1n) is 41.1. The van der Waals surface area contributed by atoms with E-state index >= 15 is 0 Å². The summed E-state index contributed by atoms with van der Waals surface area (Å²) in [5.74, 6) is 7.06. The third-order valence-corrected chi connectivity index (χ3v) is 22.3. The minimum Gasteiger partial charge on any atom is -0.492 e. The van der Waals surface area contributed by atoms with Gasteiger partial charge in [-0.25, -0.2) is 19.9 Å². The van der Waals surface area contributed by atoms with E-state index in [1.807, 2.05) is 98.5 Å². The van der Waals surface area contributed by atoms with E-state index in [4.69, 9.17) is 9.47 Å². The molecule has 4 amide bonds. The molecule has 0 spiro atoms. The Bertz CT molecular complexity index is 4710. The van der Waals surface area contributed by atoms with Crippen molar-refractivity contribution in [2.24, 2.45) is 0 Å². The van der Waals surface area contributed by atoms with E-state index in [1.165, 1.54) is 56.9 Å². The summed E-state index contributed by atoms with van der Waals surface area (Å²) >= 11 is 0. The predicted molar refractivity (Wildman–Crippen MR) is 447 cm³/mol. The average Bonchev–Trinajstić information content (AvgIpc) is 1.65. The van der Waals surface area contributed by atoms with Crippen molar-refractivity contribution < 1.29 is 33.9 Å². The van der Waals surface area contributed by atoms with Gasteiger partial charge in [0.1, 0.15) is 48.0 Å². The minimum absolute atomic E-state index is 0.104. The van der Waals surface area contributed by atoms with Crippen LogP contribution in [0.1, 0.15) is 155 Å². The van der Waals surface area contributed by atoms with Crippen molar-refractivity contribution in [3.63, 3.8) is 0 Å². The summed E-state index contributed by atoms with van der Waals surface area (Å²) in [5.41, 5.74) is 9.23. The van der Waals surface area contributed by atoms with Gasteiger partial charge in [0.25, 0.3) is 0 Å². The number of piperazine rings is 1. The fourth-order valence-corrected chi connectivity index (χ4v) is 15.9. The number of amides is 4. The second kappa shape index (κ2) is 38.7. The van der Waals surface area contributed by atoms with E-state index in [1.54, 1.807) is 31.0 Å². The summed E-state index contributed by atoms with van der Waals surface area (Å²) in [6.07, 6.45) is 22.8. The number of rotatable bonds is 29. The number of carbonyl (C=O) groups is 4. The summed E-state index contributed by atoms with van der Waals surface area (Å²) in [7, 11) is 0. The molecular formula is C85H110N22O7. The molecule has 3 fully saturated rings. The van der Waals surface area contributed by atoms with Gasteiger partial charge in [-0.2, -0.15) is 30.1 Å². The molecule has 6 N–H and O–H groups in total. The van der Waals surface area contributed by atoms with E-state index in [0.717, 1.165) is 174 Å². The van der Waals surface area contributed by atoms with Crippen LogP contribution in [0.5, 0.6) is 11.5 Å². The van der Waals surface area contributed by atoms with Gasteiger partial charge in [-0.05, 0) is 182 Å². The lowest BCUT2D eigenvalue weighted by molar-refractivity contribution is -0.118. The summed E-state index contributed by atoms with van der Waals surface area (Å²) in [5, 5.41) is 31.8. The van der Waals surface area contributed by atoms with Crippen LogP contribution in [0, 0.1) is 0 Å². The third kappa shape index (κ3) is 19.8. The standard InChI is InChI=1S/2C23H31N5O2.C21H28N6O2.C18H20N6O/c1-3-19(4-2)28-21(29)15-17-16-24-23(26-22(17)28)25-18-7-9-20(10-8-18)30-14-13-27-11-5-6-12-27;1-3-19(4-2)28-21(29)14-17-16-24-23(26-22(17)28)25-18-8-7-9-20(15-18)30-13-12-27-10-5-6-11-27;1-3-17(4-2)27-19(28)13-15-14-22-21(24-20(15)27)23-16-5-7-18(8-6-16)25-9-11-26(29)12-10-25;1-3-14(4-2)24-16(25)8-12-9-19-18(22-17(12)24)21-13-5-6-15-11(7-13)10-20-23-15/h7-10,16,19H,3-6,11-15H2,1-2H3,(H,24,25,26);7-9,15-16,19H,3-6,10-14H2,1-2H3,(H,24,25,26);5-8,14,17,29H,3-4,9-13H2,1-2H3,(H,22,23,24);5-7,9-10,14H,3-4,8H2,1-2H3,(H,20,23)(H,19,21,22). The van der Waals surface area contributed by atoms with Crippen molar-refractivity contribution >= 4 is 110 Å². The van der Waals surface area contributed by atoms with Crippen molar-refractivity contribution in [3.8, 4) is 11.5 Å². The highest BCUT2D eigenvalue weighted by molar-refractivity contribution is 6.03. The monoisotopic (exact) mass is 1550 g/mol.